The summed E-state index contributed by atoms with van der Waals surface area (Å²) in [5.74, 6) is -0.702. The molecule has 0 radical (unpaired) electrons. The topological polar surface area (TPSA) is 106 Å². The Morgan fingerprint density at radius 1 is 1.42 bits per heavy atom. The van der Waals surface area contributed by atoms with E-state index >= 15 is 0 Å². The Labute approximate surface area is 193 Å². The van der Waals surface area contributed by atoms with Gasteiger partial charge in [-0.15, -0.1) is 0 Å². The summed E-state index contributed by atoms with van der Waals surface area (Å²) in [6, 6.07) is 4.01. The van der Waals surface area contributed by atoms with E-state index in [0.717, 1.165) is 12.8 Å². The summed E-state index contributed by atoms with van der Waals surface area (Å²) in [6.07, 6.45) is 1.52. The molecule has 3 rings (SSSR count). The highest BCUT2D eigenvalue weighted by Crippen LogP contribution is 2.25. The second-order valence-corrected chi connectivity index (χ2v) is 8.37. The molecule has 2 aliphatic heterocycles. The predicted octanol–water partition coefficient (Wildman–Crippen LogP) is 1.39. The standard InChI is InChI=1S/C20H24BrN3O6S/c1-28-16-5-4-12(9-14(16)21)18(26)23-20(31)24-7-6-22-19(27)15(24)10-17(25)30-11-13-3-2-8-29-13/h4-5,9,13,15H,2-3,6-8,10-11H2,1H3,(H,22,27)(H,23,26,31). The molecule has 2 saturated heterocycles. The Morgan fingerprint density at radius 2 is 2.23 bits per heavy atom. The minimum Gasteiger partial charge on any atom is -0.496 e. The second-order valence-electron chi connectivity index (χ2n) is 7.13. The number of carbonyl (C=O) groups is 3. The van der Waals surface area contributed by atoms with Gasteiger partial charge >= 0.3 is 5.97 Å². The first-order chi connectivity index (χ1) is 14.9. The van der Waals surface area contributed by atoms with Crippen molar-refractivity contribution in [1.82, 2.24) is 15.5 Å². The molecular weight excluding hydrogens is 490 g/mol. The van der Waals surface area contributed by atoms with Gasteiger partial charge in [-0.1, -0.05) is 0 Å². The number of amides is 2. The molecule has 168 valence electrons. The average molecular weight is 514 g/mol. The van der Waals surface area contributed by atoms with Crippen molar-refractivity contribution in [1.29, 1.82) is 0 Å². The van der Waals surface area contributed by atoms with Gasteiger partial charge in [0.05, 0.1) is 24.1 Å². The molecule has 0 spiro atoms. The van der Waals surface area contributed by atoms with Gasteiger partial charge in [-0.05, 0) is 59.2 Å². The Hall–Kier alpha value is -2.24. The third kappa shape index (κ3) is 6.14. The van der Waals surface area contributed by atoms with Gasteiger partial charge in [0.1, 0.15) is 18.4 Å². The van der Waals surface area contributed by atoms with Crippen LogP contribution in [0.25, 0.3) is 0 Å². The molecule has 0 aromatic heterocycles. The van der Waals surface area contributed by atoms with Crippen LogP contribution < -0.4 is 15.4 Å². The van der Waals surface area contributed by atoms with Crippen LogP contribution in [0.4, 0.5) is 0 Å². The number of hydrogen-bond donors (Lipinski definition) is 2. The van der Waals surface area contributed by atoms with Crippen LogP contribution in [0.15, 0.2) is 22.7 Å². The van der Waals surface area contributed by atoms with Crippen molar-refractivity contribution in [2.45, 2.75) is 31.4 Å². The summed E-state index contributed by atoms with van der Waals surface area (Å²) in [6.45, 7) is 1.55. The third-order valence-electron chi connectivity index (χ3n) is 5.04. The number of esters is 1. The van der Waals surface area contributed by atoms with Crippen molar-refractivity contribution in [3.05, 3.63) is 28.2 Å². The maximum absolute atomic E-state index is 12.6. The molecule has 2 amide bonds. The summed E-state index contributed by atoms with van der Waals surface area (Å²) in [5.41, 5.74) is 0.365. The van der Waals surface area contributed by atoms with E-state index < -0.39 is 17.9 Å². The van der Waals surface area contributed by atoms with E-state index in [1.54, 1.807) is 18.2 Å². The summed E-state index contributed by atoms with van der Waals surface area (Å²) in [5, 5.41) is 5.43. The molecule has 0 aliphatic carbocycles. The summed E-state index contributed by atoms with van der Waals surface area (Å²) >= 11 is 8.71. The SMILES string of the molecule is COc1ccc(C(=O)NC(=S)N2CCNC(=O)C2CC(=O)OCC2CCCO2)cc1Br. The molecule has 2 atom stereocenters. The van der Waals surface area contributed by atoms with Gasteiger partial charge in [-0.2, -0.15) is 0 Å². The van der Waals surface area contributed by atoms with Gasteiger partial charge < -0.3 is 24.4 Å². The van der Waals surface area contributed by atoms with Crippen molar-refractivity contribution >= 4 is 51.0 Å². The van der Waals surface area contributed by atoms with Crippen LogP contribution in [0.1, 0.15) is 29.6 Å². The molecule has 9 nitrogen and oxygen atoms in total. The molecular formula is C20H24BrN3O6S. The van der Waals surface area contributed by atoms with E-state index in [0.29, 0.717) is 35.5 Å². The van der Waals surface area contributed by atoms with E-state index in [4.69, 9.17) is 26.4 Å². The highest BCUT2D eigenvalue weighted by atomic mass is 79.9. The van der Waals surface area contributed by atoms with Gasteiger partial charge in [-0.3, -0.25) is 19.7 Å². The summed E-state index contributed by atoms with van der Waals surface area (Å²) < 4.78 is 16.5. The number of methoxy groups -OCH3 is 1. The van der Waals surface area contributed by atoms with Gasteiger partial charge in [0, 0.05) is 25.3 Å². The number of ether oxygens (including phenoxy) is 3. The van der Waals surface area contributed by atoms with Gasteiger partial charge in [-0.25, -0.2) is 0 Å². The number of nitrogens with one attached hydrogen (secondary N) is 2. The molecule has 0 bridgehead atoms. The number of hydrogen-bond acceptors (Lipinski definition) is 7. The Kier molecular flexibility index (Phi) is 8.22. The van der Waals surface area contributed by atoms with Crippen molar-refractivity contribution in [3.63, 3.8) is 0 Å². The van der Waals surface area contributed by atoms with E-state index in [2.05, 4.69) is 26.6 Å². The lowest BCUT2D eigenvalue weighted by Crippen LogP contribution is -2.60. The fraction of sp³-hybridized carbons (Fsp3) is 0.500. The summed E-state index contributed by atoms with van der Waals surface area (Å²) in [7, 11) is 1.53. The van der Waals surface area contributed by atoms with E-state index in [9.17, 15) is 14.4 Å². The smallest absolute Gasteiger partial charge is 0.308 e. The van der Waals surface area contributed by atoms with Crippen molar-refractivity contribution in [2.24, 2.45) is 0 Å². The fourth-order valence-corrected chi connectivity index (χ4v) is 4.24. The number of carbonyl (C=O) groups excluding carboxylic acids is 3. The van der Waals surface area contributed by atoms with Crippen LogP contribution in [0.5, 0.6) is 5.75 Å². The molecule has 31 heavy (non-hydrogen) atoms. The van der Waals surface area contributed by atoms with Crippen LogP contribution in [0.3, 0.4) is 0 Å². The van der Waals surface area contributed by atoms with Crippen LogP contribution in [0, 0.1) is 0 Å². The minimum absolute atomic E-state index is 0.0729. The first-order valence-corrected chi connectivity index (χ1v) is 11.1. The highest BCUT2D eigenvalue weighted by Gasteiger charge is 2.34. The number of rotatable bonds is 6. The first-order valence-electron chi connectivity index (χ1n) is 9.89. The molecule has 2 unspecified atom stereocenters. The van der Waals surface area contributed by atoms with Gasteiger partial charge in [0.25, 0.3) is 5.91 Å². The quantitative estimate of drug-likeness (QED) is 0.434. The lowest BCUT2D eigenvalue weighted by molar-refractivity contribution is -0.150. The van der Waals surface area contributed by atoms with Gasteiger partial charge in [0.15, 0.2) is 5.11 Å². The number of halogens is 1. The normalized spacial score (nSPS) is 20.7. The summed E-state index contributed by atoms with van der Waals surface area (Å²) in [4.78, 5) is 38.8. The van der Waals surface area contributed by atoms with E-state index in [-0.39, 0.29) is 30.2 Å². The zero-order valence-corrected chi connectivity index (χ0v) is 19.4. The van der Waals surface area contributed by atoms with Crippen LogP contribution in [0.2, 0.25) is 0 Å². The van der Waals surface area contributed by atoms with Crippen LogP contribution in [-0.2, 0) is 19.1 Å². The zero-order chi connectivity index (χ0) is 22.4. The Bertz CT molecular complexity index is 861. The van der Waals surface area contributed by atoms with Crippen molar-refractivity contribution < 1.29 is 28.6 Å². The number of thiocarbonyl (C=S) groups is 1. The molecule has 1 aromatic carbocycles. The first kappa shape index (κ1) is 23.4. The van der Waals surface area contributed by atoms with E-state index in [1.165, 1.54) is 12.0 Å². The lowest BCUT2D eigenvalue weighted by Gasteiger charge is -2.36. The molecule has 2 fully saturated rings. The Morgan fingerprint density at radius 3 is 2.90 bits per heavy atom. The van der Waals surface area contributed by atoms with Crippen molar-refractivity contribution in [3.8, 4) is 5.75 Å². The van der Waals surface area contributed by atoms with Crippen LogP contribution >= 0.6 is 28.1 Å². The monoisotopic (exact) mass is 513 g/mol. The minimum atomic E-state index is -0.860. The molecule has 2 heterocycles. The molecule has 2 N–H and O–H groups in total. The number of piperazine rings is 1. The third-order valence-corrected chi connectivity index (χ3v) is 6.00. The zero-order valence-electron chi connectivity index (χ0n) is 17.0. The molecule has 11 heteroatoms. The molecule has 0 saturated carbocycles. The maximum atomic E-state index is 12.6. The van der Waals surface area contributed by atoms with Crippen LogP contribution in [-0.4, -0.2) is 73.4 Å². The van der Waals surface area contributed by atoms with Gasteiger partial charge in [0.2, 0.25) is 5.91 Å². The lowest BCUT2D eigenvalue weighted by atomic mass is 10.1. The van der Waals surface area contributed by atoms with Crippen molar-refractivity contribution in [2.75, 3.05) is 33.4 Å². The second kappa shape index (κ2) is 10.9. The Balaban J connectivity index is 1.60. The highest BCUT2D eigenvalue weighted by molar-refractivity contribution is 9.10. The number of benzene rings is 1. The molecule has 1 aromatic rings. The fourth-order valence-electron chi connectivity index (χ4n) is 3.39. The number of nitrogens with zero attached hydrogens (tertiary/aromatic N) is 1. The van der Waals surface area contributed by atoms with E-state index in [1.807, 2.05) is 0 Å². The largest absolute Gasteiger partial charge is 0.496 e. The predicted molar refractivity (Wildman–Crippen MR) is 119 cm³/mol. The average Bonchev–Trinajstić information content (AvgIpc) is 3.27. The maximum Gasteiger partial charge on any atom is 0.308 e. The molecule has 2 aliphatic rings.